The van der Waals surface area contributed by atoms with Crippen molar-refractivity contribution in [1.29, 1.82) is 0 Å². The number of amides is 3. The van der Waals surface area contributed by atoms with E-state index in [1.807, 2.05) is 31.2 Å². The molecule has 3 heterocycles. The Morgan fingerprint density at radius 1 is 1.05 bits per heavy atom. The molecule has 190 valence electrons. The van der Waals surface area contributed by atoms with Crippen LogP contribution in [-0.2, 0) is 0 Å². The Bertz CT molecular complexity index is 1400. The molecule has 1 saturated heterocycles. The fourth-order valence-corrected chi connectivity index (χ4v) is 5.27. The highest BCUT2D eigenvalue weighted by Gasteiger charge is 2.28. The maximum absolute atomic E-state index is 12.9. The molecule has 37 heavy (non-hydrogen) atoms. The summed E-state index contributed by atoms with van der Waals surface area (Å²) < 4.78 is 11.1. The maximum atomic E-state index is 12.9. The summed E-state index contributed by atoms with van der Waals surface area (Å²) in [6.07, 6.45) is 1.49. The van der Waals surface area contributed by atoms with Crippen molar-refractivity contribution in [2.45, 2.75) is 25.7 Å². The highest BCUT2D eigenvalue weighted by molar-refractivity contribution is 7.09. The minimum atomic E-state index is -0.491. The zero-order chi connectivity index (χ0) is 25.8. The number of nitrogens with zero attached hydrogens (tertiary/aromatic N) is 2. The molecular weight excluding hydrogens is 492 g/mol. The Hall–Kier alpha value is -4.18. The van der Waals surface area contributed by atoms with Crippen LogP contribution in [-0.4, -0.2) is 47.3 Å². The van der Waals surface area contributed by atoms with Crippen molar-refractivity contribution >= 4 is 40.0 Å². The van der Waals surface area contributed by atoms with E-state index in [-0.39, 0.29) is 17.5 Å². The van der Waals surface area contributed by atoms with Gasteiger partial charge in [-0.2, -0.15) is 0 Å². The summed E-state index contributed by atoms with van der Waals surface area (Å²) in [4.78, 5) is 44.1. The Balaban J connectivity index is 1.13. The van der Waals surface area contributed by atoms with Crippen LogP contribution in [0.1, 0.15) is 62.1 Å². The van der Waals surface area contributed by atoms with E-state index < -0.39 is 11.8 Å². The Morgan fingerprint density at radius 3 is 2.62 bits per heavy atom. The number of aromatic nitrogens is 1. The largest absolute Gasteiger partial charge is 0.494 e. The second kappa shape index (κ2) is 10.8. The van der Waals surface area contributed by atoms with Crippen LogP contribution in [0.3, 0.4) is 0 Å². The average molecular weight is 519 g/mol. The van der Waals surface area contributed by atoms with Crippen molar-refractivity contribution in [3.8, 4) is 5.75 Å². The molecule has 0 saturated carbocycles. The number of rotatable bonds is 6. The number of thiazole rings is 1. The molecule has 5 rings (SSSR count). The summed E-state index contributed by atoms with van der Waals surface area (Å²) in [5.74, 6) is 0.0233. The SMILES string of the molecule is CCOc1cccc(C(=O)NNC(=O)c2csc(C3CCN(C(=O)c4cc5ccccc5o4)CC3)n2)c1. The van der Waals surface area contributed by atoms with E-state index in [1.165, 1.54) is 11.3 Å². The van der Waals surface area contributed by atoms with Crippen LogP contribution in [0.4, 0.5) is 0 Å². The highest BCUT2D eigenvalue weighted by Crippen LogP contribution is 2.31. The van der Waals surface area contributed by atoms with Crippen molar-refractivity contribution in [3.05, 3.63) is 82.0 Å². The van der Waals surface area contributed by atoms with Gasteiger partial charge in [0.1, 0.15) is 17.0 Å². The zero-order valence-corrected chi connectivity index (χ0v) is 21.0. The molecule has 0 spiro atoms. The van der Waals surface area contributed by atoms with Gasteiger partial charge < -0.3 is 14.1 Å². The fraction of sp³-hybridized carbons (Fsp3) is 0.259. The lowest BCUT2D eigenvalue weighted by Gasteiger charge is -2.30. The van der Waals surface area contributed by atoms with Crippen LogP contribution < -0.4 is 15.6 Å². The van der Waals surface area contributed by atoms with Gasteiger partial charge in [0.25, 0.3) is 17.7 Å². The number of hydrogen-bond acceptors (Lipinski definition) is 7. The summed E-state index contributed by atoms with van der Waals surface area (Å²) in [7, 11) is 0. The van der Waals surface area contributed by atoms with E-state index in [9.17, 15) is 14.4 Å². The van der Waals surface area contributed by atoms with Gasteiger partial charge in [-0.3, -0.25) is 25.2 Å². The van der Waals surface area contributed by atoms with Crippen molar-refractivity contribution in [3.63, 3.8) is 0 Å². The van der Waals surface area contributed by atoms with Gasteiger partial charge in [-0.05, 0) is 50.1 Å². The quantitative estimate of drug-likeness (QED) is 0.366. The fourth-order valence-electron chi connectivity index (χ4n) is 4.30. The molecule has 10 heteroatoms. The molecule has 2 N–H and O–H groups in total. The number of benzene rings is 2. The predicted molar refractivity (Wildman–Crippen MR) is 139 cm³/mol. The van der Waals surface area contributed by atoms with Crippen LogP contribution >= 0.6 is 11.3 Å². The minimum Gasteiger partial charge on any atom is -0.494 e. The first-order valence-electron chi connectivity index (χ1n) is 12.1. The number of ether oxygens (including phenoxy) is 1. The van der Waals surface area contributed by atoms with Crippen molar-refractivity contribution in [2.75, 3.05) is 19.7 Å². The molecule has 1 aliphatic heterocycles. The standard InChI is InChI=1S/C27H26N4O5S/c1-2-35-20-8-5-7-19(14-20)24(32)29-30-25(33)21-16-37-26(28-21)17-10-12-31(13-11-17)27(34)23-15-18-6-3-4-9-22(18)36-23/h3-9,14-17H,2,10-13H2,1H3,(H,29,32)(H,30,33). The van der Waals surface area contributed by atoms with Gasteiger partial charge in [-0.15, -0.1) is 11.3 Å². The zero-order valence-electron chi connectivity index (χ0n) is 20.2. The molecule has 3 amide bonds. The van der Waals surface area contributed by atoms with Crippen molar-refractivity contribution in [1.82, 2.24) is 20.7 Å². The number of fused-ring (bicyclic) bond motifs is 1. The second-order valence-electron chi connectivity index (χ2n) is 8.66. The molecule has 0 unspecified atom stereocenters. The number of likely N-dealkylation sites (tertiary alicyclic amines) is 1. The Morgan fingerprint density at radius 2 is 1.84 bits per heavy atom. The molecule has 1 aliphatic rings. The van der Waals surface area contributed by atoms with Crippen LogP contribution in [0.5, 0.6) is 5.75 Å². The monoisotopic (exact) mass is 518 g/mol. The van der Waals surface area contributed by atoms with Crippen LogP contribution in [0.2, 0.25) is 0 Å². The van der Waals surface area contributed by atoms with Crippen molar-refractivity contribution in [2.24, 2.45) is 0 Å². The first kappa shape index (κ1) is 24.5. The number of piperidine rings is 1. The number of carbonyl (C=O) groups excluding carboxylic acids is 3. The topological polar surface area (TPSA) is 114 Å². The smallest absolute Gasteiger partial charge is 0.289 e. The number of hydrazine groups is 1. The summed E-state index contributed by atoms with van der Waals surface area (Å²) in [5.41, 5.74) is 6.14. The number of furan rings is 1. The van der Waals surface area contributed by atoms with Gasteiger partial charge in [-0.25, -0.2) is 4.98 Å². The lowest BCUT2D eigenvalue weighted by atomic mass is 9.97. The molecule has 2 aromatic heterocycles. The molecule has 1 fully saturated rings. The first-order chi connectivity index (χ1) is 18.0. The number of para-hydroxylation sites is 1. The molecule has 2 aromatic carbocycles. The molecule has 0 radical (unpaired) electrons. The normalized spacial score (nSPS) is 13.9. The number of nitrogens with one attached hydrogen (secondary N) is 2. The van der Waals surface area contributed by atoms with Gasteiger partial charge in [0.05, 0.1) is 11.6 Å². The summed E-state index contributed by atoms with van der Waals surface area (Å²) in [5, 5.41) is 3.43. The summed E-state index contributed by atoms with van der Waals surface area (Å²) in [6, 6.07) is 16.1. The van der Waals surface area contributed by atoms with Crippen LogP contribution in [0, 0.1) is 0 Å². The first-order valence-corrected chi connectivity index (χ1v) is 13.0. The van der Waals surface area contributed by atoms with E-state index in [2.05, 4.69) is 15.8 Å². The molecule has 0 bridgehead atoms. The molecule has 0 aliphatic carbocycles. The van der Waals surface area contributed by atoms with Gasteiger partial charge in [-0.1, -0.05) is 24.3 Å². The third kappa shape index (κ3) is 5.49. The van der Waals surface area contributed by atoms with Gasteiger partial charge in [0.15, 0.2) is 5.76 Å². The average Bonchev–Trinajstić information content (AvgIpc) is 3.60. The Kier molecular flexibility index (Phi) is 7.18. The van der Waals surface area contributed by atoms with E-state index >= 15 is 0 Å². The summed E-state index contributed by atoms with van der Waals surface area (Å²) in [6.45, 7) is 3.52. The third-order valence-corrected chi connectivity index (χ3v) is 7.23. The lowest BCUT2D eigenvalue weighted by molar-refractivity contribution is 0.0683. The van der Waals surface area contributed by atoms with E-state index in [0.29, 0.717) is 42.4 Å². The predicted octanol–water partition coefficient (Wildman–Crippen LogP) is 4.38. The summed E-state index contributed by atoms with van der Waals surface area (Å²) >= 11 is 1.41. The maximum Gasteiger partial charge on any atom is 0.289 e. The second-order valence-corrected chi connectivity index (χ2v) is 9.54. The van der Waals surface area contributed by atoms with E-state index in [0.717, 1.165) is 23.2 Å². The lowest BCUT2D eigenvalue weighted by Crippen LogP contribution is -2.41. The minimum absolute atomic E-state index is 0.114. The number of hydrogen-bond donors (Lipinski definition) is 2. The van der Waals surface area contributed by atoms with Gasteiger partial charge in [0, 0.05) is 35.3 Å². The Labute approximate surface area is 217 Å². The van der Waals surface area contributed by atoms with Gasteiger partial charge >= 0.3 is 0 Å². The highest BCUT2D eigenvalue weighted by atomic mass is 32.1. The van der Waals surface area contributed by atoms with Crippen LogP contribution in [0.25, 0.3) is 11.0 Å². The third-order valence-electron chi connectivity index (χ3n) is 6.22. The van der Waals surface area contributed by atoms with E-state index in [1.54, 1.807) is 40.6 Å². The molecule has 9 nitrogen and oxygen atoms in total. The molecule has 0 atom stereocenters. The van der Waals surface area contributed by atoms with E-state index in [4.69, 9.17) is 9.15 Å². The van der Waals surface area contributed by atoms with Gasteiger partial charge in [0.2, 0.25) is 0 Å². The van der Waals surface area contributed by atoms with Crippen LogP contribution in [0.15, 0.2) is 64.4 Å². The molecule has 4 aromatic rings. The molecular formula is C27H26N4O5S. The number of carbonyl (C=O) groups is 3. The van der Waals surface area contributed by atoms with Crippen molar-refractivity contribution < 1.29 is 23.5 Å².